The molecule has 0 radical (unpaired) electrons. The lowest BCUT2D eigenvalue weighted by Crippen LogP contribution is -2.55. The Balaban J connectivity index is 1.79. The van der Waals surface area contributed by atoms with Gasteiger partial charge in [-0.05, 0) is 35.2 Å². The molecule has 0 saturated carbocycles. The molecule has 1 fully saturated rings. The first-order chi connectivity index (χ1) is 12.5. The SMILES string of the molecule is COc1ccc(Cc2cccc([C@@H]3O[C@H](CO)[C@@H](O)[C@H](O)[C@H]3O)c2)cc1. The third-order valence-electron chi connectivity index (χ3n) is 4.74. The van der Waals surface area contributed by atoms with Crippen molar-refractivity contribution in [1.82, 2.24) is 0 Å². The van der Waals surface area contributed by atoms with Crippen LogP contribution in [0, 0.1) is 0 Å². The highest BCUT2D eigenvalue weighted by atomic mass is 16.5. The minimum absolute atomic E-state index is 0.438. The minimum Gasteiger partial charge on any atom is -0.497 e. The van der Waals surface area contributed by atoms with Crippen molar-refractivity contribution in [2.45, 2.75) is 36.9 Å². The largest absolute Gasteiger partial charge is 0.497 e. The highest BCUT2D eigenvalue weighted by molar-refractivity contribution is 5.34. The molecule has 1 aliphatic heterocycles. The molecule has 6 heteroatoms. The van der Waals surface area contributed by atoms with E-state index >= 15 is 0 Å². The Bertz CT molecular complexity index is 714. The fourth-order valence-electron chi connectivity index (χ4n) is 3.24. The summed E-state index contributed by atoms with van der Waals surface area (Å²) >= 11 is 0. The van der Waals surface area contributed by atoms with Crippen molar-refractivity contribution in [1.29, 1.82) is 0 Å². The molecule has 3 rings (SSSR count). The summed E-state index contributed by atoms with van der Waals surface area (Å²) in [5.74, 6) is 0.795. The highest BCUT2D eigenvalue weighted by Gasteiger charge is 2.43. The maximum Gasteiger partial charge on any atom is 0.118 e. The Labute approximate surface area is 152 Å². The number of hydrogen-bond donors (Lipinski definition) is 4. The molecule has 0 bridgehead atoms. The maximum absolute atomic E-state index is 10.3. The van der Waals surface area contributed by atoms with E-state index in [1.807, 2.05) is 42.5 Å². The molecule has 0 aliphatic carbocycles. The first kappa shape index (κ1) is 18.8. The van der Waals surface area contributed by atoms with E-state index in [9.17, 15) is 20.4 Å². The van der Waals surface area contributed by atoms with Gasteiger partial charge in [-0.15, -0.1) is 0 Å². The predicted molar refractivity (Wildman–Crippen MR) is 95.0 cm³/mol. The number of aliphatic hydroxyl groups excluding tert-OH is 4. The van der Waals surface area contributed by atoms with Crippen LogP contribution in [0.25, 0.3) is 0 Å². The Morgan fingerprint density at radius 2 is 1.65 bits per heavy atom. The van der Waals surface area contributed by atoms with E-state index in [-0.39, 0.29) is 0 Å². The Hall–Kier alpha value is -1.96. The lowest BCUT2D eigenvalue weighted by molar-refractivity contribution is -0.231. The first-order valence-electron chi connectivity index (χ1n) is 8.55. The Morgan fingerprint density at radius 1 is 0.923 bits per heavy atom. The van der Waals surface area contributed by atoms with Gasteiger partial charge in [-0.2, -0.15) is 0 Å². The van der Waals surface area contributed by atoms with Gasteiger partial charge < -0.3 is 29.9 Å². The van der Waals surface area contributed by atoms with E-state index in [4.69, 9.17) is 9.47 Å². The average molecular weight is 360 g/mol. The van der Waals surface area contributed by atoms with Gasteiger partial charge in [0.2, 0.25) is 0 Å². The van der Waals surface area contributed by atoms with Crippen molar-refractivity contribution < 1.29 is 29.9 Å². The Kier molecular flexibility index (Phi) is 5.90. The quantitative estimate of drug-likeness (QED) is 0.630. The summed E-state index contributed by atoms with van der Waals surface area (Å²) in [7, 11) is 1.62. The summed E-state index contributed by atoms with van der Waals surface area (Å²) in [6.07, 6.45) is -5.05. The second kappa shape index (κ2) is 8.16. The molecule has 4 N–H and O–H groups in total. The van der Waals surface area contributed by atoms with Gasteiger partial charge in [0.15, 0.2) is 0 Å². The van der Waals surface area contributed by atoms with E-state index in [1.165, 1.54) is 0 Å². The van der Waals surface area contributed by atoms with Crippen molar-refractivity contribution in [2.24, 2.45) is 0 Å². The molecule has 1 aliphatic rings. The molecule has 0 spiro atoms. The zero-order chi connectivity index (χ0) is 18.7. The molecule has 2 aromatic carbocycles. The lowest BCUT2D eigenvalue weighted by Gasteiger charge is -2.40. The van der Waals surface area contributed by atoms with Crippen LogP contribution in [0.5, 0.6) is 5.75 Å². The topological polar surface area (TPSA) is 99.4 Å². The molecule has 6 nitrogen and oxygen atoms in total. The number of methoxy groups -OCH3 is 1. The normalized spacial score (nSPS) is 28.7. The van der Waals surface area contributed by atoms with Crippen molar-refractivity contribution in [2.75, 3.05) is 13.7 Å². The van der Waals surface area contributed by atoms with Crippen LogP contribution in [0.1, 0.15) is 22.8 Å². The highest BCUT2D eigenvalue weighted by Crippen LogP contribution is 2.33. The van der Waals surface area contributed by atoms with Gasteiger partial charge in [0.1, 0.15) is 36.3 Å². The molecule has 0 aromatic heterocycles. The summed E-state index contributed by atoms with van der Waals surface area (Å²) in [6.45, 7) is -0.438. The summed E-state index contributed by atoms with van der Waals surface area (Å²) in [6, 6.07) is 15.3. The van der Waals surface area contributed by atoms with Gasteiger partial charge in [-0.3, -0.25) is 0 Å². The summed E-state index contributed by atoms with van der Waals surface area (Å²) < 4.78 is 10.8. The lowest BCUT2D eigenvalue weighted by atomic mass is 9.90. The molecule has 1 saturated heterocycles. The molecular formula is C20H24O6. The second-order valence-electron chi connectivity index (χ2n) is 6.52. The summed E-state index contributed by atoms with van der Waals surface area (Å²) in [5.41, 5.74) is 2.81. The predicted octanol–water partition coefficient (Wildman–Crippen LogP) is 0.801. The number of hydrogen-bond acceptors (Lipinski definition) is 6. The van der Waals surface area contributed by atoms with E-state index in [1.54, 1.807) is 13.2 Å². The van der Waals surface area contributed by atoms with Gasteiger partial charge in [0, 0.05) is 0 Å². The molecule has 2 aromatic rings. The monoisotopic (exact) mass is 360 g/mol. The summed E-state index contributed by atoms with van der Waals surface area (Å²) in [5, 5.41) is 39.5. The van der Waals surface area contributed by atoms with E-state index in [0.29, 0.717) is 12.0 Å². The van der Waals surface area contributed by atoms with Crippen LogP contribution < -0.4 is 4.74 Å². The van der Waals surface area contributed by atoms with Crippen molar-refractivity contribution >= 4 is 0 Å². The maximum atomic E-state index is 10.3. The van der Waals surface area contributed by atoms with Crippen LogP contribution in [-0.4, -0.2) is 58.6 Å². The van der Waals surface area contributed by atoms with E-state index < -0.39 is 37.1 Å². The molecule has 26 heavy (non-hydrogen) atoms. The zero-order valence-corrected chi connectivity index (χ0v) is 14.5. The standard InChI is InChI=1S/C20H24O6/c1-25-15-7-5-12(6-8-15)9-13-3-2-4-14(10-13)20-19(24)18(23)17(22)16(11-21)26-20/h2-8,10,16-24H,9,11H2,1H3/t16-,17-,18+,19-,20+/m1/s1. The number of benzene rings is 2. The third kappa shape index (κ3) is 3.90. The van der Waals surface area contributed by atoms with Crippen LogP contribution in [-0.2, 0) is 11.2 Å². The number of rotatable bonds is 5. The molecule has 5 atom stereocenters. The van der Waals surface area contributed by atoms with Gasteiger partial charge in [-0.25, -0.2) is 0 Å². The van der Waals surface area contributed by atoms with Crippen LogP contribution in [0.2, 0.25) is 0 Å². The summed E-state index contributed by atoms with van der Waals surface area (Å²) in [4.78, 5) is 0. The average Bonchev–Trinajstić information content (AvgIpc) is 2.67. The van der Waals surface area contributed by atoms with Gasteiger partial charge in [0.05, 0.1) is 13.7 Å². The van der Waals surface area contributed by atoms with Crippen molar-refractivity contribution in [3.8, 4) is 5.75 Å². The van der Waals surface area contributed by atoms with Crippen molar-refractivity contribution in [3.05, 3.63) is 65.2 Å². The molecule has 0 amide bonds. The van der Waals surface area contributed by atoms with E-state index in [2.05, 4.69) is 0 Å². The molecule has 0 unspecified atom stereocenters. The van der Waals surface area contributed by atoms with Crippen LogP contribution >= 0.6 is 0 Å². The van der Waals surface area contributed by atoms with Gasteiger partial charge in [-0.1, -0.05) is 36.4 Å². The fourth-order valence-corrected chi connectivity index (χ4v) is 3.24. The van der Waals surface area contributed by atoms with Crippen molar-refractivity contribution in [3.63, 3.8) is 0 Å². The Morgan fingerprint density at radius 3 is 2.31 bits per heavy atom. The number of aliphatic hydroxyl groups is 4. The first-order valence-corrected chi connectivity index (χ1v) is 8.55. The number of ether oxygens (including phenoxy) is 2. The molecule has 140 valence electrons. The zero-order valence-electron chi connectivity index (χ0n) is 14.5. The minimum atomic E-state index is -1.38. The molecular weight excluding hydrogens is 336 g/mol. The third-order valence-corrected chi connectivity index (χ3v) is 4.74. The van der Waals surface area contributed by atoms with Gasteiger partial charge >= 0.3 is 0 Å². The molecule has 1 heterocycles. The second-order valence-corrected chi connectivity index (χ2v) is 6.52. The smallest absolute Gasteiger partial charge is 0.118 e. The van der Waals surface area contributed by atoms with Crippen LogP contribution in [0.15, 0.2) is 48.5 Å². The van der Waals surface area contributed by atoms with Crippen LogP contribution in [0.3, 0.4) is 0 Å². The van der Waals surface area contributed by atoms with E-state index in [0.717, 1.165) is 16.9 Å². The fraction of sp³-hybridized carbons (Fsp3) is 0.400. The van der Waals surface area contributed by atoms with Crippen LogP contribution in [0.4, 0.5) is 0 Å². The van der Waals surface area contributed by atoms with Gasteiger partial charge in [0.25, 0.3) is 0 Å².